The van der Waals surface area contributed by atoms with E-state index in [1.165, 1.54) is 0 Å². The summed E-state index contributed by atoms with van der Waals surface area (Å²) in [5.74, 6) is 0. The molecular weight excluding hydrogens is 124 g/mol. The Morgan fingerprint density at radius 2 is 1.40 bits per heavy atom. The molecule has 0 aliphatic carbocycles. The quantitative estimate of drug-likeness (QED) is 0.574. The zero-order valence-electron chi connectivity index (χ0n) is 7.76. The van der Waals surface area contributed by atoms with E-state index in [-0.39, 0.29) is 0 Å². The van der Waals surface area contributed by atoms with E-state index in [0.717, 1.165) is 0 Å². The predicted molar refractivity (Wildman–Crippen MR) is 46.0 cm³/mol. The maximum absolute atomic E-state index is 4.04. The van der Waals surface area contributed by atoms with Crippen molar-refractivity contribution in [2.24, 2.45) is 0 Å². The summed E-state index contributed by atoms with van der Waals surface area (Å²) in [6, 6.07) is 0.880. The van der Waals surface area contributed by atoms with Crippen molar-refractivity contribution >= 4 is 0 Å². The van der Waals surface area contributed by atoms with E-state index < -0.39 is 0 Å². The van der Waals surface area contributed by atoms with Gasteiger partial charge in [-0.05, 0) is 42.0 Å². The molecule has 0 fully saturated rings. The third-order valence-corrected chi connectivity index (χ3v) is 2.03. The van der Waals surface area contributed by atoms with Gasteiger partial charge in [-0.25, -0.2) is 0 Å². The SMILES string of the molecule is [CH2]C(C(C)N(C)C)N(C)C. The van der Waals surface area contributed by atoms with Crippen molar-refractivity contribution in [3.8, 4) is 0 Å². The normalized spacial score (nSPS) is 18.0. The lowest BCUT2D eigenvalue weighted by Gasteiger charge is -2.30. The van der Waals surface area contributed by atoms with Crippen molar-refractivity contribution in [3.05, 3.63) is 6.92 Å². The highest BCUT2D eigenvalue weighted by Gasteiger charge is 2.15. The Kier molecular flexibility index (Phi) is 3.91. The minimum atomic E-state index is 0.370. The highest BCUT2D eigenvalue weighted by atomic mass is 15.2. The fourth-order valence-corrected chi connectivity index (χ4v) is 0.776. The molecule has 0 N–H and O–H groups in total. The fraction of sp³-hybridized carbons (Fsp3) is 0.875. The first kappa shape index (κ1) is 9.92. The topological polar surface area (TPSA) is 6.48 Å². The van der Waals surface area contributed by atoms with Crippen LogP contribution in [0.1, 0.15) is 6.92 Å². The average molecular weight is 143 g/mol. The van der Waals surface area contributed by atoms with Crippen molar-refractivity contribution in [1.29, 1.82) is 0 Å². The molecule has 61 valence electrons. The Morgan fingerprint density at radius 3 is 1.50 bits per heavy atom. The second-order valence-corrected chi connectivity index (χ2v) is 3.24. The smallest absolute Gasteiger partial charge is 0.0243 e. The molecule has 0 rings (SSSR count). The Balaban J connectivity index is 3.81. The number of nitrogens with zero attached hydrogens (tertiary/aromatic N) is 2. The molecule has 0 bridgehead atoms. The Bertz CT molecular complexity index is 77.3. The van der Waals surface area contributed by atoms with Crippen LogP contribution < -0.4 is 0 Å². The lowest BCUT2D eigenvalue weighted by atomic mass is 10.1. The predicted octanol–water partition coefficient (Wildman–Crippen LogP) is 0.701. The van der Waals surface area contributed by atoms with E-state index in [4.69, 9.17) is 0 Å². The van der Waals surface area contributed by atoms with Gasteiger partial charge in [0.05, 0.1) is 0 Å². The van der Waals surface area contributed by atoms with Crippen LogP contribution in [0, 0.1) is 6.92 Å². The minimum Gasteiger partial charge on any atom is -0.305 e. The molecule has 1 radical (unpaired) electrons. The first-order chi connectivity index (χ1) is 4.46. The average Bonchev–Trinajstić information content (AvgIpc) is 1.84. The van der Waals surface area contributed by atoms with Crippen molar-refractivity contribution in [3.63, 3.8) is 0 Å². The van der Waals surface area contributed by atoms with Gasteiger partial charge in [0.2, 0.25) is 0 Å². The molecule has 0 aromatic heterocycles. The van der Waals surface area contributed by atoms with Crippen molar-refractivity contribution in [1.82, 2.24) is 9.80 Å². The molecule has 0 saturated carbocycles. The molecule has 0 aromatic carbocycles. The second kappa shape index (κ2) is 3.94. The van der Waals surface area contributed by atoms with Gasteiger partial charge in [0.15, 0.2) is 0 Å². The monoisotopic (exact) mass is 143 g/mol. The second-order valence-electron chi connectivity index (χ2n) is 3.24. The van der Waals surface area contributed by atoms with E-state index in [0.29, 0.717) is 12.1 Å². The lowest BCUT2D eigenvalue weighted by molar-refractivity contribution is 0.194. The van der Waals surface area contributed by atoms with Crippen LogP contribution >= 0.6 is 0 Å². The van der Waals surface area contributed by atoms with Crippen LogP contribution in [0.25, 0.3) is 0 Å². The Hall–Kier alpha value is -0.0800. The number of rotatable bonds is 3. The van der Waals surface area contributed by atoms with Crippen molar-refractivity contribution < 1.29 is 0 Å². The van der Waals surface area contributed by atoms with Crippen LogP contribution in [-0.2, 0) is 0 Å². The molecule has 2 nitrogen and oxygen atoms in total. The largest absolute Gasteiger partial charge is 0.305 e. The van der Waals surface area contributed by atoms with E-state index in [1.54, 1.807) is 0 Å². The molecule has 2 atom stereocenters. The lowest BCUT2D eigenvalue weighted by Crippen LogP contribution is -2.43. The molecule has 2 heteroatoms. The first-order valence-corrected chi connectivity index (χ1v) is 3.62. The number of hydrogen-bond acceptors (Lipinski definition) is 2. The first-order valence-electron chi connectivity index (χ1n) is 3.62. The molecule has 0 aliphatic rings. The van der Waals surface area contributed by atoms with Crippen LogP contribution in [0.2, 0.25) is 0 Å². The van der Waals surface area contributed by atoms with Gasteiger partial charge in [0.1, 0.15) is 0 Å². The maximum Gasteiger partial charge on any atom is 0.0243 e. The minimum absolute atomic E-state index is 0.370. The summed E-state index contributed by atoms with van der Waals surface area (Å²) in [5, 5.41) is 0. The molecule has 0 heterocycles. The molecule has 0 aromatic rings. The highest BCUT2D eigenvalue weighted by Crippen LogP contribution is 2.02. The van der Waals surface area contributed by atoms with Gasteiger partial charge in [-0.2, -0.15) is 0 Å². The third kappa shape index (κ3) is 2.67. The summed E-state index contributed by atoms with van der Waals surface area (Å²) < 4.78 is 0. The van der Waals surface area contributed by atoms with Crippen LogP contribution in [0.15, 0.2) is 0 Å². The van der Waals surface area contributed by atoms with E-state index in [9.17, 15) is 0 Å². The van der Waals surface area contributed by atoms with Gasteiger partial charge in [-0.15, -0.1) is 0 Å². The zero-order chi connectivity index (χ0) is 8.31. The maximum atomic E-state index is 4.04. The molecule has 0 amide bonds. The van der Waals surface area contributed by atoms with Crippen LogP contribution in [0.4, 0.5) is 0 Å². The van der Waals surface area contributed by atoms with Gasteiger partial charge >= 0.3 is 0 Å². The van der Waals surface area contributed by atoms with Gasteiger partial charge in [0.25, 0.3) is 0 Å². The summed E-state index contributed by atoms with van der Waals surface area (Å²) in [6.07, 6.45) is 0. The summed E-state index contributed by atoms with van der Waals surface area (Å²) in [4.78, 5) is 4.31. The zero-order valence-corrected chi connectivity index (χ0v) is 7.76. The number of likely N-dealkylation sites (N-methyl/N-ethyl adjacent to an activating group) is 2. The van der Waals surface area contributed by atoms with Gasteiger partial charge < -0.3 is 9.80 Å². The molecule has 0 aliphatic heterocycles. The van der Waals surface area contributed by atoms with Crippen molar-refractivity contribution in [2.45, 2.75) is 19.0 Å². The van der Waals surface area contributed by atoms with Gasteiger partial charge in [0, 0.05) is 12.1 Å². The third-order valence-electron chi connectivity index (χ3n) is 2.03. The van der Waals surface area contributed by atoms with Crippen molar-refractivity contribution in [2.75, 3.05) is 28.2 Å². The highest BCUT2D eigenvalue weighted by molar-refractivity contribution is 4.79. The molecule has 0 saturated heterocycles. The summed E-state index contributed by atoms with van der Waals surface area (Å²) >= 11 is 0. The van der Waals surface area contributed by atoms with Crippen LogP contribution in [-0.4, -0.2) is 50.1 Å². The summed E-state index contributed by atoms with van der Waals surface area (Å²) in [5.41, 5.74) is 0. The van der Waals surface area contributed by atoms with Gasteiger partial charge in [-0.3, -0.25) is 0 Å². The molecular formula is C8H19N2. The van der Waals surface area contributed by atoms with E-state index in [2.05, 4.69) is 51.8 Å². The Morgan fingerprint density at radius 1 is 1.00 bits per heavy atom. The van der Waals surface area contributed by atoms with E-state index in [1.807, 2.05) is 0 Å². The van der Waals surface area contributed by atoms with E-state index >= 15 is 0 Å². The van der Waals surface area contributed by atoms with Crippen LogP contribution in [0.5, 0.6) is 0 Å². The fourth-order valence-electron chi connectivity index (χ4n) is 0.776. The molecule has 10 heavy (non-hydrogen) atoms. The van der Waals surface area contributed by atoms with Crippen LogP contribution in [0.3, 0.4) is 0 Å². The molecule has 2 unspecified atom stereocenters. The standard InChI is InChI=1S/C8H19N2/c1-7(9(3)4)8(2)10(5)6/h7-8H,1H2,2-6H3. The summed E-state index contributed by atoms with van der Waals surface area (Å²) in [6.45, 7) is 6.22. The van der Waals surface area contributed by atoms with Gasteiger partial charge in [-0.1, -0.05) is 0 Å². The Labute approximate surface area is 64.8 Å². The summed E-state index contributed by atoms with van der Waals surface area (Å²) in [7, 11) is 8.26. The molecule has 0 spiro atoms. The number of hydrogen-bond donors (Lipinski definition) is 0.